The predicted molar refractivity (Wildman–Crippen MR) is 68.5 cm³/mol. The summed E-state index contributed by atoms with van der Waals surface area (Å²) in [5, 5.41) is 21.6. The van der Waals surface area contributed by atoms with Gasteiger partial charge in [-0.25, -0.2) is 4.79 Å². The molecular formula is C14H19NO3. The number of hydrogen-bond donors (Lipinski definition) is 3. The van der Waals surface area contributed by atoms with E-state index in [1.807, 2.05) is 6.07 Å². The molecule has 1 aliphatic carbocycles. The van der Waals surface area contributed by atoms with Crippen molar-refractivity contribution in [1.82, 2.24) is 5.32 Å². The molecule has 98 valence electrons. The summed E-state index contributed by atoms with van der Waals surface area (Å²) < 4.78 is 0. The molecule has 4 heteroatoms. The Morgan fingerprint density at radius 3 is 2.94 bits per heavy atom. The summed E-state index contributed by atoms with van der Waals surface area (Å²) in [7, 11) is 0. The highest BCUT2D eigenvalue weighted by Crippen LogP contribution is 2.25. The fraction of sp³-hybridized carbons (Fsp3) is 0.500. The molecule has 1 aliphatic rings. The third-order valence-electron chi connectivity index (χ3n) is 3.64. The van der Waals surface area contributed by atoms with Gasteiger partial charge in [0, 0.05) is 19.2 Å². The molecule has 1 fully saturated rings. The molecule has 0 spiro atoms. The van der Waals surface area contributed by atoms with Crippen LogP contribution in [-0.2, 0) is 6.54 Å². The van der Waals surface area contributed by atoms with Crippen LogP contribution in [0.4, 0.5) is 0 Å². The van der Waals surface area contributed by atoms with E-state index in [4.69, 9.17) is 5.11 Å². The Bertz CT molecular complexity index is 419. The Morgan fingerprint density at radius 2 is 2.22 bits per heavy atom. The lowest BCUT2D eigenvalue weighted by atomic mass is 10.0. The molecule has 0 radical (unpaired) electrons. The minimum Gasteiger partial charge on any atom is -0.478 e. The zero-order valence-electron chi connectivity index (χ0n) is 10.3. The van der Waals surface area contributed by atoms with Crippen LogP contribution in [0.1, 0.15) is 35.2 Å². The van der Waals surface area contributed by atoms with E-state index in [9.17, 15) is 9.90 Å². The van der Waals surface area contributed by atoms with Crippen LogP contribution in [-0.4, -0.2) is 28.8 Å². The maximum absolute atomic E-state index is 10.9. The van der Waals surface area contributed by atoms with Crippen molar-refractivity contribution in [1.29, 1.82) is 0 Å². The van der Waals surface area contributed by atoms with Gasteiger partial charge >= 0.3 is 5.97 Å². The smallest absolute Gasteiger partial charge is 0.335 e. The number of aromatic carboxylic acids is 1. The van der Waals surface area contributed by atoms with Gasteiger partial charge in [0.1, 0.15) is 0 Å². The van der Waals surface area contributed by atoms with Crippen molar-refractivity contribution < 1.29 is 15.0 Å². The topological polar surface area (TPSA) is 69.6 Å². The molecular weight excluding hydrogens is 230 g/mol. The Labute approximate surface area is 107 Å². The zero-order valence-corrected chi connectivity index (χ0v) is 10.3. The van der Waals surface area contributed by atoms with Crippen LogP contribution < -0.4 is 5.32 Å². The number of aliphatic hydroxyl groups is 1. The van der Waals surface area contributed by atoms with Crippen molar-refractivity contribution in [2.24, 2.45) is 5.92 Å². The SMILES string of the molecule is O=C(O)c1cccc(CNC2CCCC2CO)c1. The van der Waals surface area contributed by atoms with Gasteiger partial charge in [0.15, 0.2) is 0 Å². The molecule has 0 aliphatic heterocycles. The lowest BCUT2D eigenvalue weighted by Gasteiger charge is -2.19. The maximum Gasteiger partial charge on any atom is 0.335 e. The largest absolute Gasteiger partial charge is 0.478 e. The lowest BCUT2D eigenvalue weighted by Crippen LogP contribution is -2.33. The minimum absolute atomic E-state index is 0.229. The van der Waals surface area contributed by atoms with Gasteiger partial charge in [-0.1, -0.05) is 18.6 Å². The van der Waals surface area contributed by atoms with Gasteiger partial charge in [-0.15, -0.1) is 0 Å². The monoisotopic (exact) mass is 249 g/mol. The van der Waals surface area contributed by atoms with Crippen molar-refractivity contribution in [2.75, 3.05) is 6.61 Å². The van der Waals surface area contributed by atoms with Crippen molar-refractivity contribution in [2.45, 2.75) is 31.8 Å². The van der Waals surface area contributed by atoms with E-state index in [0.29, 0.717) is 24.1 Å². The van der Waals surface area contributed by atoms with Gasteiger partial charge < -0.3 is 15.5 Å². The summed E-state index contributed by atoms with van der Waals surface area (Å²) >= 11 is 0. The van der Waals surface area contributed by atoms with Gasteiger partial charge in [-0.2, -0.15) is 0 Å². The second-order valence-corrected chi connectivity index (χ2v) is 4.87. The molecule has 1 saturated carbocycles. The quantitative estimate of drug-likeness (QED) is 0.742. The molecule has 4 nitrogen and oxygen atoms in total. The van der Waals surface area contributed by atoms with E-state index in [1.54, 1.807) is 18.2 Å². The van der Waals surface area contributed by atoms with Crippen molar-refractivity contribution in [3.8, 4) is 0 Å². The Kier molecular flexibility index (Phi) is 4.33. The standard InChI is InChI=1S/C14H19NO3/c16-9-12-5-2-6-13(12)15-8-10-3-1-4-11(7-10)14(17)18/h1,3-4,7,12-13,15-16H,2,5-6,8-9H2,(H,17,18). The summed E-state index contributed by atoms with van der Waals surface area (Å²) in [6.45, 7) is 0.884. The molecule has 2 rings (SSSR count). The normalized spacial score (nSPS) is 23.2. The van der Waals surface area contributed by atoms with Crippen molar-refractivity contribution >= 4 is 5.97 Å². The van der Waals surface area contributed by atoms with Crippen LogP contribution in [0.2, 0.25) is 0 Å². The van der Waals surface area contributed by atoms with Crippen LogP contribution in [0.3, 0.4) is 0 Å². The number of aliphatic hydroxyl groups excluding tert-OH is 1. The molecule has 0 heterocycles. The highest BCUT2D eigenvalue weighted by Gasteiger charge is 2.25. The third-order valence-corrected chi connectivity index (χ3v) is 3.64. The fourth-order valence-electron chi connectivity index (χ4n) is 2.59. The summed E-state index contributed by atoms with van der Waals surface area (Å²) in [6, 6.07) is 7.32. The minimum atomic E-state index is -0.897. The van der Waals surface area contributed by atoms with Crippen LogP contribution in [0.5, 0.6) is 0 Å². The Hall–Kier alpha value is -1.39. The summed E-state index contributed by atoms with van der Waals surface area (Å²) in [4.78, 5) is 10.9. The van der Waals surface area contributed by atoms with E-state index in [-0.39, 0.29) is 6.61 Å². The van der Waals surface area contributed by atoms with Gasteiger partial charge in [-0.3, -0.25) is 0 Å². The van der Waals surface area contributed by atoms with E-state index in [2.05, 4.69) is 5.32 Å². The average molecular weight is 249 g/mol. The number of hydrogen-bond acceptors (Lipinski definition) is 3. The van der Waals surface area contributed by atoms with Crippen LogP contribution >= 0.6 is 0 Å². The van der Waals surface area contributed by atoms with Crippen LogP contribution in [0.25, 0.3) is 0 Å². The van der Waals surface area contributed by atoms with E-state index < -0.39 is 5.97 Å². The maximum atomic E-state index is 10.9. The first-order valence-corrected chi connectivity index (χ1v) is 6.37. The number of benzene rings is 1. The van der Waals surface area contributed by atoms with Crippen LogP contribution in [0, 0.1) is 5.92 Å². The van der Waals surface area contributed by atoms with Gasteiger partial charge in [0.05, 0.1) is 5.56 Å². The van der Waals surface area contributed by atoms with Crippen LogP contribution in [0.15, 0.2) is 24.3 Å². The first-order valence-electron chi connectivity index (χ1n) is 6.37. The van der Waals surface area contributed by atoms with Crippen molar-refractivity contribution in [3.63, 3.8) is 0 Å². The summed E-state index contributed by atoms with van der Waals surface area (Å²) in [5.74, 6) is -0.557. The molecule has 0 bridgehead atoms. The number of rotatable bonds is 5. The first-order chi connectivity index (χ1) is 8.70. The molecule has 0 saturated heterocycles. The number of carbonyl (C=O) groups is 1. The highest BCUT2D eigenvalue weighted by molar-refractivity contribution is 5.87. The molecule has 1 aromatic carbocycles. The molecule has 2 unspecified atom stereocenters. The van der Waals surface area contributed by atoms with Gasteiger partial charge in [0.2, 0.25) is 0 Å². The second-order valence-electron chi connectivity index (χ2n) is 4.87. The first kappa shape index (κ1) is 13.1. The molecule has 18 heavy (non-hydrogen) atoms. The summed E-state index contributed by atoms with van der Waals surface area (Å²) in [6.07, 6.45) is 3.31. The predicted octanol–water partition coefficient (Wildman–Crippen LogP) is 1.64. The highest BCUT2D eigenvalue weighted by atomic mass is 16.4. The molecule has 0 aromatic heterocycles. The van der Waals surface area contributed by atoms with Crippen molar-refractivity contribution in [3.05, 3.63) is 35.4 Å². The molecule has 2 atom stereocenters. The molecule has 3 N–H and O–H groups in total. The number of carboxylic acids is 1. The zero-order chi connectivity index (χ0) is 13.0. The fourth-order valence-corrected chi connectivity index (χ4v) is 2.59. The lowest BCUT2D eigenvalue weighted by molar-refractivity contribution is 0.0696. The van der Waals surface area contributed by atoms with Gasteiger partial charge in [-0.05, 0) is 36.5 Å². The van der Waals surface area contributed by atoms with E-state index in [1.165, 1.54) is 0 Å². The summed E-state index contributed by atoms with van der Waals surface area (Å²) in [5.41, 5.74) is 1.29. The molecule has 1 aromatic rings. The van der Waals surface area contributed by atoms with E-state index >= 15 is 0 Å². The average Bonchev–Trinajstić information content (AvgIpc) is 2.84. The number of nitrogens with one attached hydrogen (secondary N) is 1. The molecule has 0 amide bonds. The number of carboxylic acid groups (broad SMARTS) is 1. The third kappa shape index (κ3) is 3.09. The Morgan fingerprint density at radius 1 is 1.39 bits per heavy atom. The van der Waals surface area contributed by atoms with E-state index in [0.717, 1.165) is 24.8 Å². The Balaban J connectivity index is 1.93. The van der Waals surface area contributed by atoms with Gasteiger partial charge in [0.25, 0.3) is 0 Å². The second kappa shape index (κ2) is 5.98.